The topological polar surface area (TPSA) is 93.2 Å². The van der Waals surface area contributed by atoms with Gasteiger partial charge in [0.25, 0.3) is 5.91 Å². The van der Waals surface area contributed by atoms with Crippen molar-refractivity contribution in [1.82, 2.24) is 15.3 Å². The van der Waals surface area contributed by atoms with Gasteiger partial charge in [0.05, 0.1) is 6.61 Å². The molecule has 1 amide bonds. The lowest BCUT2D eigenvalue weighted by Crippen LogP contribution is -2.41. The summed E-state index contributed by atoms with van der Waals surface area (Å²) in [6.07, 6.45) is 2.06. The van der Waals surface area contributed by atoms with Gasteiger partial charge >= 0.3 is 5.97 Å². The van der Waals surface area contributed by atoms with Gasteiger partial charge in [-0.15, -0.1) is 0 Å². The summed E-state index contributed by atoms with van der Waals surface area (Å²) in [5.74, 6) is -0.595. The fourth-order valence-corrected chi connectivity index (χ4v) is 1.63. The third-order valence-electron chi connectivity index (χ3n) is 2.36. The number of nitrogens with one attached hydrogen (secondary N) is 2. The summed E-state index contributed by atoms with van der Waals surface area (Å²) in [4.78, 5) is 31.5. The molecule has 0 radical (unpaired) electrons. The Kier molecular flexibility index (Phi) is 6.55. The Bertz CT molecular complexity index is 543. The third-order valence-corrected chi connectivity index (χ3v) is 2.54. The maximum atomic E-state index is 12.2. The summed E-state index contributed by atoms with van der Waals surface area (Å²) in [5.41, 5.74) is -0.198. The van der Waals surface area contributed by atoms with E-state index in [9.17, 15) is 9.59 Å². The summed E-state index contributed by atoms with van der Waals surface area (Å²) >= 11 is 5.74. The highest BCUT2D eigenvalue weighted by Gasteiger charge is 2.20. The van der Waals surface area contributed by atoms with Crippen molar-refractivity contribution < 1.29 is 14.3 Å². The van der Waals surface area contributed by atoms with Crippen molar-refractivity contribution in [2.75, 3.05) is 18.5 Å². The molecular formula is C14H21ClN4O3. The Balaban J connectivity index is 2.82. The van der Waals surface area contributed by atoms with Crippen LogP contribution in [0, 0.1) is 0 Å². The van der Waals surface area contributed by atoms with E-state index in [2.05, 4.69) is 20.6 Å². The minimum Gasteiger partial charge on any atom is -0.464 e. The van der Waals surface area contributed by atoms with E-state index in [1.54, 1.807) is 0 Å². The van der Waals surface area contributed by atoms with E-state index in [1.807, 2.05) is 27.7 Å². The standard InChI is InChI=1S/C14H21ClN4O3/c1-5-6-22-10(20)8-16-11-9(7-17-13(15)18-11)12(21)19-14(2,3)4/h7H,5-6,8H2,1-4H3,(H,19,21)(H,16,17,18). The van der Waals surface area contributed by atoms with Crippen molar-refractivity contribution in [1.29, 1.82) is 0 Å². The van der Waals surface area contributed by atoms with Gasteiger partial charge in [0, 0.05) is 11.7 Å². The first-order valence-corrected chi connectivity index (χ1v) is 7.35. The van der Waals surface area contributed by atoms with E-state index in [-0.39, 0.29) is 29.1 Å². The van der Waals surface area contributed by atoms with Crippen molar-refractivity contribution in [2.45, 2.75) is 39.7 Å². The highest BCUT2D eigenvalue weighted by Crippen LogP contribution is 2.15. The van der Waals surface area contributed by atoms with Crippen LogP contribution in [0.2, 0.25) is 5.28 Å². The van der Waals surface area contributed by atoms with Gasteiger partial charge in [0.15, 0.2) is 0 Å². The molecule has 0 saturated heterocycles. The smallest absolute Gasteiger partial charge is 0.325 e. The molecule has 0 fully saturated rings. The number of aromatic nitrogens is 2. The zero-order valence-electron chi connectivity index (χ0n) is 13.2. The molecule has 0 unspecified atom stereocenters. The number of hydrogen-bond acceptors (Lipinski definition) is 6. The number of halogens is 1. The molecule has 122 valence electrons. The zero-order valence-corrected chi connectivity index (χ0v) is 14.0. The summed E-state index contributed by atoms with van der Waals surface area (Å²) in [5, 5.41) is 5.54. The predicted molar refractivity (Wildman–Crippen MR) is 84.0 cm³/mol. The largest absolute Gasteiger partial charge is 0.464 e. The minimum atomic E-state index is -0.432. The Hall–Kier alpha value is -1.89. The Morgan fingerprint density at radius 1 is 1.36 bits per heavy atom. The Morgan fingerprint density at radius 3 is 2.64 bits per heavy atom. The molecule has 1 aromatic rings. The van der Waals surface area contributed by atoms with Gasteiger partial charge in [-0.05, 0) is 38.8 Å². The average molecular weight is 329 g/mol. The molecule has 0 aliphatic carbocycles. The molecule has 1 heterocycles. The number of hydrogen-bond donors (Lipinski definition) is 2. The molecule has 22 heavy (non-hydrogen) atoms. The number of ether oxygens (including phenoxy) is 1. The van der Waals surface area contributed by atoms with Crippen molar-refractivity contribution in [2.24, 2.45) is 0 Å². The second kappa shape index (κ2) is 7.93. The number of amides is 1. The number of anilines is 1. The molecule has 0 aliphatic rings. The van der Waals surface area contributed by atoms with Crippen LogP contribution in [0.5, 0.6) is 0 Å². The summed E-state index contributed by atoms with van der Waals surface area (Å²) in [6, 6.07) is 0. The summed E-state index contributed by atoms with van der Waals surface area (Å²) in [6.45, 7) is 7.72. The van der Waals surface area contributed by atoms with Crippen LogP contribution < -0.4 is 10.6 Å². The molecule has 1 rings (SSSR count). The monoisotopic (exact) mass is 328 g/mol. The lowest BCUT2D eigenvalue weighted by atomic mass is 10.1. The normalized spacial score (nSPS) is 11.0. The molecule has 0 spiro atoms. The maximum Gasteiger partial charge on any atom is 0.325 e. The number of carbonyl (C=O) groups is 2. The molecule has 0 saturated carbocycles. The van der Waals surface area contributed by atoms with Crippen LogP contribution in [0.15, 0.2) is 6.20 Å². The first kappa shape index (κ1) is 18.2. The molecule has 1 aromatic heterocycles. The van der Waals surface area contributed by atoms with Crippen LogP contribution in [0.3, 0.4) is 0 Å². The summed E-state index contributed by atoms with van der Waals surface area (Å²) < 4.78 is 4.95. The number of esters is 1. The van der Waals surface area contributed by atoms with Crippen LogP contribution in [0.1, 0.15) is 44.5 Å². The van der Waals surface area contributed by atoms with Gasteiger partial charge in [-0.2, -0.15) is 4.98 Å². The fraction of sp³-hybridized carbons (Fsp3) is 0.571. The average Bonchev–Trinajstić information content (AvgIpc) is 2.40. The molecule has 0 atom stereocenters. The number of rotatable bonds is 6. The van der Waals surface area contributed by atoms with Crippen LogP contribution in [-0.2, 0) is 9.53 Å². The quantitative estimate of drug-likeness (QED) is 0.613. The van der Waals surface area contributed by atoms with Gasteiger partial charge in [-0.3, -0.25) is 9.59 Å². The van der Waals surface area contributed by atoms with E-state index in [1.165, 1.54) is 6.20 Å². The van der Waals surface area contributed by atoms with Crippen molar-refractivity contribution >= 4 is 29.3 Å². The number of nitrogens with zero attached hydrogens (tertiary/aromatic N) is 2. The molecule has 7 nitrogen and oxygen atoms in total. The van der Waals surface area contributed by atoms with Crippen LogP contribution in [0.25, 0.3) is 0 Å². The predicted octanol–water partition coefficient (Wildman–Crippen LogP) is 2.02. The Labute approximate surface area is 134 Å². The molecule has 8 heteroatoms. The second-order valence-corrected chi connectivity index (χ2v) is 6.02. The molecule has 0 aromatic carbocycles. The van der Waals surface area contributed by atoms with Gasteiger partial charge in [0.1, 0.15) is 17.9 Å². The van der Waals surface area contributed by atoms with E-state index < -0.39 is 11.5 Å². The van der Waals surface area contributed by atoms with E-state index in [0.29, 0.717) is 6.61 Å². The molecular weight excluding hydrogens is 308 g/mol. The van der Waals surface area contributed by atoms with E-state index in [4.69, 9.17) is 16.3 Å². The third kappa shape index (κ3) is 6.26. The highest BCUT2D eigenvalue weighted by atomic mass is 35.5. The first-order chi connectivity index (χ1) is 10.2. The van der Waals surface area contributed by atoms with E-state index in [0.717, 1.165) is 6.42 Å². The lowest BCUT2D eigenvalue weighted by molar-refractivity contribution is -0.141. The minimum absolute atomic E-state index is 0.0169. The van der Waals surface area contributed by atoms with Crippen LogP contribution in [-0.4, -0.2) is 40.5 Å². The van der Waals surface area contributed by atoms with Crippen LogP contribution in [0.4, 0.5) is 5.82 Å². The SMILES string of the molecule is CCCOC(=O)CNc1nc(Cl)ncc1C(=O)NC(C)(C)C. The first-order valence-electron chi connectivity index (χ1n) is 6.97. The summed E-state index contributed by atoms with van der Waals surface area (Å²) in [7, 11) is 0. The van der Waals surface area contributed by atoms with Gasteiger partial charge in [0.2, 0.25) is 5.28 Å². The molecule has 2 N–H and O–H groups in total. The van der Waals surface area contributed by atoms with Gasteiger partial charge in [-0.25, -0.2) is 4.98 Å². The molecule has 0 aliphatic heterocycles. The van der Waals surface area contributed by atoms with Crippen molar-refractivity contribution in [3.05, 3.63) is 17.0 Å². The highest BCUT2D eigenvalue weighted by molar-refractivity contribution is 6.28. The van der Waals surface area contributed by atoms with Crippen LogP contribution >= 0.6 is 11.6 Å². The van der Waals surface area contributed by atoms with Crippen molar-refractivity contribution in [3.8, 4) is 0 Å². The maximum absolute atomic E-state index is 12.2. The zero-order chi connectivity index (χ0) is 16.8. The number of carbonyl (C=O) groups excluding carboxylic acids is 2. The van der Waals surface area contributed by atoms with Crippen molar-refractivity contribution in [3.63, 3.8) is 0 Å². The van der Waals surface area contributed by atoms with E-state index >= 15 is 0 Å². The molecule has 0 bridgehead atoms. The second-order valence-electron chi connectivity index (χ2n) is 5.68. The van der Waals surface area contributed by atoms with Gasteiger partial charge in [-0.1, -0.05) is 6.92 Å². The lowest BCUT2D eigenvalue weighted by Gasteiger charge is -2.21. The fourth-order valence-electron chi connectivity index (χ4n) is 1.49. The Morgan fingerprint density at radius 2 is 2.05 bits per heavy atom. The van der Waals surface area contributed by atoms with Gasteiger partial charge < -0.3 is 15.4 Å².